The molecule has 0 aromatic carbocycles. The van der Waals surface area contributed by atoms with Gasteiger partial charge in [-0.05, 0) is 26.0 Å². The number of carboxylic acids is 1. The van der Waals surface area contributed by atoms with E-state index in [2.05, 4.69) is 4.98 Å². The Morgan fingerprint density at radius 3 is 2.53 bits per heavy atom. The van der Waals surface area contributed by atoms with Crippen LogP contribution in [0, 0.1) is 0 Å². The van der Waals surface area contributed by atoms with Crippen LogP contribution in [-0.2, 0) is 4.74 Å². The van der Waals surface area contributed by atoms with Crippen molar-refractivity contribution in [3.8, 4) is 0 Å². The van der Waals surface area contributed by atoms with Gasteiger partial charge in [0, 0.05) is 12.7 Å². The average Bonchev–Trinajstić information content (AvgIpc) is 2.31. The quantitative estimate of drug-likeness (QED) is 0.864. The molecule has 92 valence electrons. The van der Waals surface area contributed by atoms with Gasteiger partial charge >= 0.3 is 12.1 Å². The predicted molar refractivity (Wildman–Crippen MR) is 61.2 cm³/mol. The summed E-state index contributed by atoms with van der Waals surface area (Å²) in [5, 5.41) is 8.72. The number of carboxylic acid groups (broad SMARTS) is 1. The fraction of sp³-hybridized carbons (Fsp3) is 0.364. The Balaban J connectivity index is 2.89. The summed E-state index contributed by atoms with van der Waals surface area (Å²) < 4.78 is 4.86. The summed E-state index contributed by atoms with van der Waals surface area (Å²) in [6, 6.07) is 2.87. The van der Waals surface area contributed by atoms with Crippen molar-refractivity contribution in [2.45, 2.75) is 13.8 Å². The van der Waals surface area contributed by atoms with Crippen molar-refractivity contribution in [1.29, 1.82) is 0 Å². The van der Waals surface area contributed by atoms with Gasteiger partial charge in [-0.1, -0.05) is 0 Å². The zero-order chi connectivity index (χ0) is 12.8. The molecule has 1 amide bonds. The highest BCUT2D eigenvalue weighted by Gasteiger charge is 2.16. The van der Waals surface area contributed by atoms with Gasteiger partial charge in [0.1, 0.15) is 5.82 Å². The summed E-state index contributed by atoms with van der Waals surface area (Å²) in [6.07, 6.45) is 0.713. The number of aromatic carboxylic acids is 1. The molecule has 0 saturated carbocycles. The Morgan fingerprint density at radius 2 is 2.12 bits per heavy atom. The topological polar surface area (TPSA) is 79.7 Å². The van der Waals surface area contributed by atoms with E-state index in [4.69, 9.17) is 9.84 Å². The largest absolute Gasteiger partial charge is 0.478 e. The first-order valence-corrected chi connectivity index (χ1v) is 5.23. The van der Waals surface area contributed by atoms with Gasteiger partial charge in [-0.15, -0.1) is 0 Å². The van der Waals surface area contributed by atoms with Crippen LogP contribution < -0.4 is 4.90 Å². The maximum absolute atomic E-state index is 11.5. The molecule has 1 aromatic heterocycles. The van der Waals surface area contributed by atoms with E-state index >= 15 is 0 Å². The molecule has 0 aliphatic rings. The van der Waals surface area contributed by atoms with Gasteiger partial charge in [-0.3, -0.25) is 4.90 Å². The van der Waals surface area contributed by atoms with Gasteiger partial charge in [-0.25, -0.2) is 14.6 Å². The van der Waals surface area contributed by atoms with Crippen molar-refractivity contribution in [1.82, 2.24) is 4.98 Å². The summed E-state index contributed by atoms with van der Waals surface area (Å²) >= 11 is 0. The number of amides is 1. The van der Waals surface area contributed by atoms with Crippen molar-refractivity contribution in [2.24, 2.45) is 0 Å². The molecule has 1 aromatic rings. The van der Waals surface area contributed by atoms with E-state index < -0.39 is 12.1 Å². The predicted octanol–water partition coefficient (Wildman–Crippen LogP) is 1.76. The SMILES string of the molecule is CCOC(=O)N(CC)c1ccc(C(=O)O)cn1. The molecular formula is C11H14N2O4. The van der Waals surface area contributed by atoms with Crippen molar-refractivity contribution in [2.75, 3.05) is 18.1 Å². The third-order valence-corrected chi connectivity index (χ3v) is 2.08. The summed E-state index contributed by atoms with van der Waals surface area (Å²) in [4.78, 5) is 27.4. The Bertz CT molecular complexity index is 402. The van der Waals surface area contributed by atoms with Crippen LogP contribution in [0.5, 0.6) is 0 Å². The Labute approximate surface area is 98.8 Å². The minimum atomic E-state index is -1.05. The van der Waals surface area contributed by atoms with E-state index in [1.807, 2.05) is 0 Å². The molecule has 17 heavy (non-hydrogen) atoms. The lowest BCUT2D eigenvalue weighted by Gasteiger charge is -2.18. The van der Waals surface area contributed by atoms with Crippen molar-refractivity contribution < 1.29 is 19.4 Å². The molecule has 0 saturated heterocycles. The first-order valence-electron chi connectivity index (χ1n) is 5.23. The van der Waals surface area contributed by atoms with Crippen LogP contribution in [0.1, 0.15) is 24.2 Å². The van der Waals surface area contributed by atoms with Gasteiger partial charge in [0.15, 0.2) is 0 Å². The normalized spacial score (nSPS) is 9.76. The lowest BCUT2D eigenvalue weighted by atomic mass is 10.3. The molecule has 0 fully saturated rings. The zero-order valence-corrected chi connectivity index (χ0v) is 9.71. The average molecular weight is 238 g/mol. The van der Waals surface area contributed by atoms with Crippen molar-refractivity contribution >= 4 is 17.9 Å². The number of ether oxygens (including phenoxy) is 1. The molecule has 1 heterocycles. The fourth-order valence-electron chi connectivity index (χ4n) is 1.26. The summed E-state index contributed by atoms with van der Waals surface area (Å²) in [7, 11) is 0. The highest BCUT2D eigenvalue weighted by Crippen LogP contribution is 2.12. The lowest BCUT2D eigenvalue weighted by Crippen LogP contribution is -2.32. The highest BCUT2D eigenvalue weighted by atomic mass is 16.6. The van der Waals surface area contributed by atoms with Crippen LogP contribution in [0.3, 0.4) is 0 Å². The van der Waals surface area contributed by atoms with E-state index in [1.54, 1.807) is 13.8 Å². The molecule has 1 rings (SSSR count). The first-order chi connectivity index (χ1) is 8.10. The van der Waals surface area contributed by atoms with Crippen LogP contribution in [0.2, 0.25) is 0 Å². The zero-order valence-electron chi connectivity index (χ0n) is 9.71. The number of hydrogen-bond donors (Lipinski definition) is 1. The van der Waals surface area contributed by atoms with Gasteiger partial charge < -0.3 is 9.84 Å². The summed E-state index contributed by atoms with van der Waals surface area (Å²) in [5.74, 6) is -0.681. The van der Waals surface area contributed by atoms with Gasteiger partial charge in [-0.2, -0.15) is 0 Å². The number of nitrogens with zero attached hydrogens (tertiary/aromatic N) is 2. The van der Waals surface area contributed by atoms with Crippen LogP contribution in [0.25, 0.3) is 0 Å². The minimum absolute atomic E-state index is 0.0775. The van der Waals surface area contributed by atoms with Gasteiger partial charge in [0.2, 0.25) is 0 Å². The fourth-order valence-corrected chi connectivity index (χ4v) is 1.26. The van der Waals surface area contributed by atoms with Gasteiger partial charge in [0.05, 0.1) is 12.2 Å². The standard InChI is InChI=1S/C11H14N2O4/c1-3-13(11(16)17-4-2)9-6-5-8(7-12-9)10(14)15/h5-7H,3-4H2,1-2H3,(H,14,15). The number of carbonyl (C=O) groups excluding carboxylic acids is 1. The lowest BCUT2D eigenvalue weighted by molar-refractivity contribution is 0.0696. The smallest absolute Gasteiger partial charge is 0.415 e. The van der Waals surface area contributed by atoms with E-state index in [0.717, 1.165) is 0 Å². The van der Waals surface area contributed by atoms with E-state index in [-0.39, 0.29) is 12.2 Å². The molecule has 0 bridgehead atoms. The second-order valence-corrected chi connectivity index (χ2v) is 3.15. The molecule has 0 radical (unpaired) electrons. The maximum Gasteiger partial charge on any atom is 0.415 e. The summed E-state index contributed by atoms with van der Waals surface area (Å²) in [6.45, 7) is 4.18. The second kappa shape index (κ2) is 5.83. The third kappa shape index (κ3) is 3.17. The monoisotopic (exact) mass is 238 g/mol. The molecule has 0 aliphatic heterocycles. The number of rotatable bonds is 4. The molecule has 6 heteroatoms. The van der Waals surface area contributed by atoms with Crippen LogP contribution in [0.4, 0.5) is 10.6 Å². The van der Waals surface area contributed by atoms with Crippen LogP contribution >= 0.6 is 0 Å². The van der Waals surface area contributed by atoms with Crippen LogP contribution in [0.15, 0.2) is 18.3 Å². The Hall–Kier alpha value is -2.11. The van der Waals surface area contributed by atoms with E-state index in [0.29, 0.717) is 12.4 Å². The molecule has 1 N–H and O–H groups in total. The summed E-state index contributed by atoms with van der Waals surface area (Å²) in [5.41, 5.74) is 0.0775. The van der Waals surface area contributed by atoms with Crippen molar-refractivity contribution in [3.63, 3.8) is 0 Å². The third-order valence-electron chi connectivity index (χ3n) is 2.08. The Kier molecular flexibility index (Phi) is 4.45. The Morgan fingerprint density at radius 1 is 1.41 bits per heavy atom. The van der Waals surface area contributed by atoms with E-state index in [9.17, 15) is 9.59 Å². The molecule has 0 spiro atoms. The molecular weight excluding hydrogens is 224 g/mol. The molecule has 6 nitrogen and oxygen atoms in total. The molecule has 0 aliphatic carbocycles. The van der Waals surface area contributed by atoms with E-state index in [1.165, 1.54) is 23.2 Å². The molecule has 0 atom stereocenters. The minimum Gasteiger partial charge on any atom is -0.478 e. The highest BCUT2D eigenvalue weighted by molar-refractivity contribution is 5.89. The number of anilines is 1. The number of carbonyl (C=O) groups is 2. The van der Waals surface area contributed by atoms with Gasteiger partial charge in [0.25, 0.3) is 0 Å². The first kappa shape index (κ1) is 13.0. The number of pyridine rings is 1. The second-order valence-electron chi connectivity index (χ2n) is 3.15. The number of aromatic nitrogens is 1. The van der Waals surface area contributed by atoms with Crippen molar-refractivity contribution in [3.05, 3.63) is 23.9 Å². The molecule has 0 unspecified atom stereocenters. The maximum atomic E-state index is 11.5. The van der Waals surface area contributed by atoms with Crippen LogP contribution in [-0.4, -0.2) is 35.3 Å². The number of hydrogen-bond acceptors (Lipinski definition) is 4.